The third-order valence-corrected chi connectivity index (χ3v) is 6.02. The van der Waals surface area contributed by atoms with Crippen LogP contribution in [0.2, 0.25) is 0 Å². The summed E-state index contributed by atoms with van der Waals surface area (Å²) in [6.45, 7) is 0. The monoisotopic (exact) mass is 404 g/mol. The van der Waals surface area contributed by atoms with Gasteiger partial charge in [0.1, 0.15) is 17.6 Å². The van der Waals surface area contributed by atoms with Crippen molar-refractivity contribution < 1.29 is 9.53 Å². The summed E-state index contributed by atoms with van der Waals surface area (Å²) in [5, 5.41) is 3.20. The van der Waals surface area contributed by atoms with Crippen molar-refractivity contribution in [1.82, 2.24) is 19.8 Å². The van der Waals surface area contributed by atoms with Gasteiger partial charge < -0.3 is 19.5 Å². The average Bonchev–Trinajstić information content (AvgIpc) is 3.22. The van der Waals surface area contributed by atoms with Gasteiger partial charge in [0.05, 0.1) is 7.11 Å². The van der Waals surface area contributed by atoms with E-state index < -0.39 is 6.04 Å². The molecule has 4 rings (SSSR count). The highest BCUT2D eigenvalue weighted by Gasteiger charge is 2.29. The van der Waals surface area contributed by atoms with Crippen LogP contribution in [0.15, 0.2) is 60.9 Å². The van der Waals surface area contributed by atoms with E-state index in [4.69, 9.17) is 4.74 Å². The molecular formula is C24H28N4O2. The van der Waals surface area contributed by atoms with Gasteiger partial charge >= 0.3 is 6.03 Å². The summed E-state index contributed by atoms with van der Waals surface area (Å²) in [5.41, 5.74) is 3.60. The van der Waals surface area contributed by atoms with Gasteiger partial charge in [-0.15, -0.1) is 0 Å². The Kier molecular flexibility index (Phi) is 5.74. The number of aromatic nitrogens is 2. The smallest absolute Gasteiger partial charge is 0.318 e. The Morgan fingerprint density at radius 3 is 2.67 bits per heavy atom. The summed E-state index contributed by atoms with van der Waals surface area (Å²) in [4.78, 5) is 19.6. The summed E-state index contributed by atoms with van der Waals surface area (Å²) in [6, 6.07) is 15.9. The van der Waals surface area contributed by atoms with Gasteiger partial charge in [-0.2, -0.15) is 0 Å². The number of urea groups is 1. The first-order valence-electron chi connectivity index (χ1n) is 10.3. The number of benzene rings is 2. The molecule has 3 aromatic rings. The fraction of sp³-hybridized carbons (Fsp3) is 0.333. The number of nitrogens with zero attached hydrogens (tertiary/aromatic N) is 3. The van der Waals surface area contributed by atoms with Crippen molar-refractivity contribution in [2.45, 2.75) is 31.3 Å². The Morgan fingerprint density at radius 1 is 1.20 bits per heavy atom. The maximum atomic E-state index is 13.3. The molecule has 0 saturated carbocycles. The van der Waals surface area contributed by atoms with Crippen LogP contribution >= 0.6 is 0 Å². The molecule has 2 aromatic carbocycles. The van der Waals surface area contributed by atoms with E-state index in [1.54, 1.807) is 13.3 Å². The number of rotatable bonds is 5. The number of carbonyl (C=O) groups is 1. The van der Waals surface area contributed by atoms with Crippen LogP contribution in [0.5, 0.6) is 5.75 Å². The second-order valence-corrected chi connectivity index (χ2v) is 7.80. The van der Waals surface area contributed by atoms with Crippen molar-refractivity contribution in [1.29, 1.82) is 0 Å². The Hall–Kier alpha value is -3.28. The van der Waals surface area contributed by atoms with Crippen molar-refractivity contribution in [3.05, 3.63) is 83.4 Å². The molecule has 1 N–H and O–H groups in total. The molecule has 6 heteroatoms. The molecule has 0 spiro atoms. The molecule has 6 nitrogen and oxygen atoms in total. The minimum Gasteiger partial charge on any atom is -0.496 e. The van der Waals surface area contributed by atoms with E-state index in [0.717, 1.165) is 36.4 Å². The van der Waals surface area contributed by atoms with E-state index in [0.29, 0.717) is 0 Å². The number of aryl methyl sites for hydroxylation is 2. The van der Waals surface area contributed by atoms with Gasteiger partial charge in [-0.25, -0.2) is 9.78 Å². The lowest BCUT2D eigenvalue weighted by atomic mass is 9.88. The zero-order valence-electron chi connectivity index (χ0n) is 17.7. The average molecular weight is 405 g/mol. The van der Waals surface area contributed by atoms with Gasteiger partial charge in [0.2, 0.25) is 0 Å². The molecule has 1 aromatic heterocycles. The first-order valence-corrected chi connectivity index (χ1v) is 10.3. The highest BCUT2D eigenvalue weighted by molar-refractivity contribution is 5.75. The Bertz CT molecular complexity index is 1030. The fourth-order valence-electron chi connectivity index (χ4n) is 4.24. The first-order chi connectivity index (χ1) is 14.6. The van der Waals surface area contributed by atoms with Crippen molar-refractivity contribution in [2.24, 2.45) is 7.05 Å². The third-order valence-electron chi connectivity index (χ3n) is 6.02. The Morgan fingerprint density at radius 2 is 1.93 bits per heavy atom. The molecule has 0 radical (unpaired) electrons. The van der Waals surface area contributed by atoms with Gasteiger partial charge in [-0.1, -0.05) is 42.5 Å². The van der Waals surface area contributed by atoms with Crippen LogP contribution in [0.25, 0.3) is 0 Å². The molecule has 1 heterocycles. The molecule has 30 heavy (non-hydrogen) atoms. The summed E-state index contributed by atoms with van der Waals surface area (Å²) < 4.78 is 7.48. The van der Waals surface area contributed by atoms with E-state index >= 15 is 0 Å². The predicted molar refractivity (Wildman–Crippen MR) is 117 cm³/mol. The van der Waals surface area contributed by atoms with Crippen molar-refractivity contribution >= 4 is 6.03 Å². The van der Waals surface area contributed by atoms with Gasteiger partial charge in [0.25, 0.3) is 0 Å². The molecule has 2 atom stereocenters. The SMILES string of the molecule is COc1ccccc1C(NC(=O)N(C)C1CCc2ccccc2C1)c1nccn1C. The van der Waals surface area contributed by atoms with Gasteiger partial charge in [-0.3, -0.25) is 0 Å². The third kappa shape index (κ3) is 3.90. The lowest BCUT2D eigenvalue weighted by Crippen LogP contribution is -2.47. The van der Waals surface area contributed by atoms with Crippen LogP contribution in [0.4, 0.5) is 4.79 Å². The van der Waals surface area contributed by atoms with Gasteiger partial charge in [0.15, 0.2) is 0 Å². The minimum atomic E-state index is -0.410. The second-order valence-electron chi connectivity index (χ2n) is 7.80. The zero-order chi connectivity index (χ0) is 21.1. The topological polar surface area (TPSA) is 59.4 Å². The number of likely N-dealkylation sites (N-methyl/N-ethyl adjacent to an activating group) is 1. The zero-order valence-corrected chi connectivity index (χ0v) is 17.7. The number of carbonyl (C=O) groups excluding carboxylic acids is 1. The summed E-state index contributed by atoms with van der Waals surface area (Å²) in [6.07, 6.45) is 6.45. The van der Waals surface area contributed by atoms with Crippen LogP contribution in [-0.2, 0) is 19.9 Å². The number of para-hydroxylation sites is 1. The number of nitrogens with one attached hydrogen (secondary N) is 1. The summed E-state index contributed by atoms with van der Waals surface area (Å²) in [7, 11) is 5.45. The minimum absolute atomic E-state index is 0.113. The first kappa shape index (κ1) is 20.0. The van der Waals surface area contributed by atoms with E-state index in [-0.39, 0.29) is 12.1 Å². The van der Waals surface area contributed by atoms with Crippen molar-refractivity contribution in [2.75, 3.05) is 14.2 Å². The molecule has 0 bridgehead atoms. The quantitative estimate of drug-likeness (QED) is 0.705. The molecule has 156 valence electrons. The van der Waals surface area contributed by atoms with Crippen LogP contribution < -0.4 is 10.1 Å². The van der Waals surface area contributed by atoms with Gasteiger partial charge in [0, 0.05) is 38.1 Å². The van der Waals surface area contributed by atoms with Crippen LogP contribution in [-0.4, -0.2) is 40.7 Å². The molecule has 0 saturated heterocycles. The van der Waals surface area contributed by atoms with Crippen LogP contribution in [0.3, 0.4) is 0 Å². The van der Waals surface area contributed by atoms with Crippen LogP contribution in [0.1, 0.15) is 35.0 Å². The van der Waals surface area contributed by atoms with Gasteiger partial charge in [-0.05, 0) is 36.5 Å². The second kappa shape index (κ2) is 8.61. The standard InChI is InChI=1S/C24H28N4O2/c1-27-15-14-25-23(27)22(20-10-6-7-11-21(20)30-3)26-24(29)28(2)19-13-12-17-8-4-5-9-18(17)16-19/h4-11,14-15,19,22H,12-13,16H2,1-3H3,(H,26,29). The highest BCUT2D eigenvalue weighted by atomic mass is 16.5. The maximum absolute atomic E-state index is 13.3. The summed E-state index contributed by atoms with van der Waals surface area (Å²) in [5.74, 6) is 1.48. The highest BCUT2D eigenvalue weighted by Crippen LogP contribution is 2.30. The Labute approximate surface area is 177 Å². The predicted octanol–water partition coefficient (Wildman–Crippen LogP) is 3.72. The number of hydrogen-bond acceptors (Lipinski definition) is 3. The number of imidazole rings is 1. The lowest BCUT2D eigenvalue weighted by Gasteiger charge is -2.33. The largest absolute Gasteiger partial charge is 0.496 e. The Balaban J connectivity index is 1.57. The summed E-state index contributed by atoms with van der Waals surface area (Å²) >= 11 is 0. The van der Waals surface area contributed by atoms with E-state index in [1.165, 1.54) is 11.1 Å². The lowest BCUT2D eigenvalue weighted by molar-refractivity contribution is 0.181. The number of methoxy groups -OCH3 is 1. The molecule has 2 amide bonds. The van der Waals surface area contributed by atoms with Crippen molar-refractivity contribution in [3.63, 3.8) is 0 Å². The number of ether oxygens (including phenoxy) is 1. The number of fused-ring (bicyclic) bond motifs is 1. The maximum Gasteiger partial charge on any atom is 0.318 e. The molecule has 0 aliphatic heterocycles. The van der Waals surface area contributed by atoms with E-state index in [2.05, 4.69) is 34.6 Å². The molecule has 1 aliphatic carbocycles. The van der Waals surface area contributed by atoms with E-state index in [9.17, 15) is 4.79 Å². The number of amides is 2. The number of hydrogen-bond donors (Lipinski definition) is 1. The van der Waals surface area contributed by atoms with Crippen molar-refractivity contribution in [3.8, 4) is 5.75 Å². The molecular weight excluding hydrogens is 376 g/mol. The molecule has 2 unspecified atom stereocenters. The normalized spacial score (nSPS) is 16.4. The fourth-order valence-corrected chi connectivity index (χ4v) is 4.24. The molecule has 1 aliphatic rings. The molecule has 0 fully saturated rings. The van der Waals surface area contributed by atoms with Crippen LogP contribution in [0, 0.1) is 0 Å². The van der Waals surface area contributed by atoms with E-state index in [1.807, 2.05) is 54.0 Å².